The summed E-state index contributed by atoms with van der Waals surface area (Å²) in [7, 11) is 0. The quantitative estimate of drug-likeness (QED) is 0.579. The van der Waals surface area contributed by atoms with E-state index >= 15 is 0 Å². The first-order valence-electron chi connectivity index (χ1n) is 7.80. The fourth-order valence-corrected chi connectivity index (χ4v) is 3.33. The lowest BCUT2D eigenvalue weighted by Gasteiger charge is -2.08. The molecule has 0 radical (unpaired) electrons. The van der Waals surface area contributed by atoms with Crippen LogP contribution in [0.2, 0.25) is 0 Å². The van der Waals surface area contributed by atoms with Gasteiger partial charge in [-0.2, -0.15) is 0 Å². The van der Waals surface area contributed by atoms with Crippen molar-refractivity contribution < 1.29 is 14.3 Å². The number of H-pyrrole nitrogens is 1. The van der Waals surface area contributed by atoms with Crippen molar-refractivity contribution in [2.45, 2.75) is 11.6 Å². The van der Waals surface area contributed by atoms with Gasteiger partial charge in [0.2, 0.25) is 0 Å². The fraction of sp³-hybridized carbons (Fsp3) is 0.222. The maximum Gasteiger partial charge on any atom is 0.173 e. The van der Waals surface area contributed by atoms with Crippen LogP contribution in [0.15, 0.2) is 47.6 Å². The lowest BCUT2D eigenvalue weighted by atomic mass is 10.1. The number of benzene rings is 2. The van der Waals surface area contributed by atoms with E-state index in [4.69, 9.17) is 9.47 Å². The molecule has 0 amide bonds. The van der Waals surface area contributed by atoms with Crippen LogP contribution in [-0.2, 0) is 0 Å². The minimum atomic E-state index is 0.0381. The SMILES string of the molecule is O=C(CSc1nc2ccccc2[nH]1)c1ccc2c(c1)OCCCO2. The second kappa shape index (κ2) is 6.57. The summed E-state index contributed by atoms with van der Waals surface area (Å²) in [6.45, 7) is 1.25. The molecule has 122 valence electrons. The number of fused-ring (bicyclic) bond motifs is 2. The second-order valence-electron chi connectivity index (χ2n) is 5.48. The molecule has 1 aliphatic heterocycles. The first-order valence-corrected chi connectivity index (χ1v) is 8.78. The van der Waals surface area contributed by atoms with Gasteiger partial charge in [0.1, 0.15) is 0 Å². The Hall–Kier alpha value is -2.47. The van der Waals surface area contributed by atoms with Crippen LogP contribution < -0.4 is 9.47 Å². The van der Waals surface area contributed by atoms with E-state index in [2.05, 4.69) is 9.97 Å². The maximum atomic E-state index is 12.4. The zero-order valence-electron chi connectivity index (χ0n) is 13.0. The van der Waals surface area contributed by atoms with E-state index in [1.807, 2.05) is 24.3 Å². The average molecular weight is 340 g/mol. The summed E-state index contributed by atoms with van der Waals surface area (Å²) in [6, 6.07) is 13.2. The molecule has 0 saturated heterocycles. The largest absolute Gasteiger partial charge is 0.490 e. The summed E-state index contributed by atoms with van der Waals surface area (Å²) in [5.74, 6) is 1.71. The smallest absolute Gasteiger partial charge is 0.173 e. The molecule has 3 aromatic rings. The number of imidazole rings is 1. The highest BCUT2D eigenvalue weighted by atomic mass is 32.2. The van der Waals surface area contributed by atoms with Crippen molar-refractivity contribution in [1.29, 1.82) is 0 Å². The summed E-state index contributed by atoms with van der Waals surface area (Å²) in [4.78, 5) is 20.1. The Kier molecular flexibility index (Phi) is 4.13. The molecule has 6 heteroatoms. The van der Waals surface area contributed by atoms with Crippen molar-refractivity contribution in [3.05, 3.63) is 48.0 Å². The highest BCUT2D eigenvalue weighted by Crippen LogP contribution is 2.31. The van der Waals surface area contributed by atoms with Crippen LogP contribution >= 0.6 is 11.8 Å². The number of aromatic amines is 1. The molecule has 0 unspecified atom stereocenters. The molecular weight excluding hydrogens is 324 g/mol. The molecular formula is C18H16N2O3S. The number of nitrogens with one attached hydrogen (secondary N) is 1. The van der Waals surface area contributed by atoms with Gasteiger partial charge in [0.25, 0.3) is 0 Å². The number of rotatable bonds is 4. The van der Waals surface area contributed by atoms with Gasteiger partial charge in [0.15, 0.2) is 22.4 Å². The van der Waals surface area contributed by atoms with Crippen LogP contribution in [0.25, 0.3) is 11.0 Å². The molecule has 0 saturated carbocycles. The predicted octanol–water partition coefficient (Wildman–Crippen LogP) is 3.70. The van der Waals surface area contributed by atoms with Crippen molar-refractivity contribution in [2.24, 2.45) is 0 Å². The lowest BCUT2D eigenvalue weighted by Crippen LogP contribution is -2.03. The van der Waals surface area contributed by atoms with Gasteiger partial charge in [-0.05, 0) is 30.3 Å². The van der Waals surface area contributed by atoms with Gasteiger partial charge in [0.05, 0.1) is 30.0 Å². The average Bonchev–Trinajstić information content (AvgIpc) is 2.88. The second-order valence-corrected chi connectivity index (χ2v) is 6.45. The molecule has 24 heavy (non-hydrogen) atoms. The zero-order chi connectivity index (χ0) is 16.4. The Morgan fingerprint density at radius 2 is 1.96 bits per heavy atom. The highest BCUT2D eigenvalue weighted by molar-refractivity contribution is 7.99. The zero-order valence-corrected chi connectivity index (χ0v) is 13.8. The fourth-order valence-electron chi connectivity index (χ4n) is 2.55. The number of aromatic nitrogens is 2. The number of thioether (sulfide) groups is 1. The molecule has 0 spiro atoms. The summed E-state index contributed by atoms with van der Waals surface area (Å²) < 4.78 is 11.2. The molecule has 0 bridgehead atoms. The van der Waals surface area contributed by atoms with Crippen LogP contribution in [0.3, 0.4) is 0 Å². The van der Waals surface area contributed by atoms with Gasteiger partial charge >= 0.3 is 0 Å². The molecule has 0 fully saturated rings. The lowest BCUT2D eigenvalue weighted by molar-refractivity contribution is 0.102. The van der Waals surface area contributed by atoms with E-state index in [1.54, 1.807) is 18.2 Å². The standard InChI is InChI=1S/C18H16N2O3S/c21-15(11-24-18-19-13-4-1-2-5-14(13)20-18)12-6-7-16-17(10-12)23-9-3-8-22-16/h1-2,4-7,10H,3,8-9,11H2,(H,19,20). The van der Waals surface area contributed by atoms with Gasteiger partial charge in [-0.15, -0.1) is 0 Å². The van der Waals surface area contributed by atoms with Crippen LogP contribution in [0.4, 0.5) is 0 Å². The van der Waals surface area contributed by atoms with Gasteiger partial charge in [-0.3, -0.25) is 4.79 Å². The number of carbonyl (C=O) groups excluding carboxylic acids is 1. The summed E-state index contributed by atoms with van der Waals surface area (Å²) >= 11 is 1.40. The number of hydrogen-bond donors (Lipinski definition) is 1. The van der Waals surface area contributed by atoms with E-state index < -0.39 is 0 Å². The van der Waals surface area contributed by atoms with E-state index in [-0.39, 0.29) is 5.78 Å². The minimum absolute atomic E-state index is 0.0381. The normalized spacial score (nSPS) is 13.7. The number of Topliss-reactive ketones (excluding diaryl/α,β-unsaturated/α-hetero) is 1. The van der Waals surface area contributed by atoms with Crippen LogP contribution in [0.5, 0.6) is 11.5 Å². The highest BCUT2D eigenvalue weighted by Gasteiger charge is 2.15. The number of hydrogen-bond acceptors (Lipinski definition) is 5. The molecule has 0 atom stereocenters. The Morgan fingerprint density at radius 3 is 2.83 bits per heavy atom. The molecule has 0 aliphatic carbocycles. The Balaban J connectivity index is 1.47. The summed E-state index contributed by atoms with van der Waals surface area (Å²) in [6.07, 6.45) is 0.847. The molecule has 2 heterocycles. The third-order valence-electron chi connectivity index (χ3n) is 3.78. The van der Waals surface area contributed by atoms with E-state index in [0.29, 0.717) is 36.0 Å². The van der Waals surface area contributed by atoms with Crippen molar-refractivity contribution >= 4 is 28.6 Å². The number of nitrogens with zero attached hydrogens (tertiary/aromatic N) is 1. The van der Waals surface area contributed by atoms with Gasteiger partial charge in [0, 0.05) is 12.0 Å². The summed E-state index contributed by atoms with van der Waals surface area (Å²) in [5, 5.41) is 0.749. The van der Waals surface area contributed by atoms with Crippen molar-refractivity contribution in [3.63, 3.8) is 0 Å². The number of carbonyl (C=O) groups is 1. The molecule has 1 aromatic heterocycles. The van der Waals surface area contributed by atoms with Crippen molar-refractivity contribution in [2.75, 3.05) is 19.0 Å². The summed E-state index contributed by atoms with van der Waals surface area (Å²) in [5.41, 5.74) is 2.51. The van der Waals surface area contributed by atoms with Gasteiger partial charge in [-0.25, -0.2) is 4.98 Å². The van der Waals surface area contributed by atoms with Gasteiger partial charge in [-0.1, -0.05) is 23.9 Å². The first-order chi connectivity index (χ1) is 11.8. The molecule has 1 aliphatic rings. The molecule has 4 rings (SSSR count). The predicted molar refractivity (Wildman–Crippen MR) is 93.2 cm³/mol. The third kappa shape index (κ3) is 3.10. The topological polar surface area (TPSA) is 64.2 Å². The Bertz CT molecular complexity index is 858. The number of ketones is 1. The van der Waals surface area contributed by atoms with Crippen LogP contribution in [0, 0.1) is 0 Å². The van der Waals surface area contributed by atoms with E-state index in [0.717, 1.165) is 22.6 Å². The Morgan fingerprint density at radius 1 is 1.12 bits per heavy atom. The third-order valence-corrected chi connectivity index (χ3v) is 4.65. The number of ether oxygens (including phenoxy) is 2. The van der Waals surface area contributed by atoms with E-state index in [9.17, 15) is 4.79 Å². The van der Waals surface area contributed by atoms with Crippen molar-refractivity contribution in [3.8, 4) is 11.5 Å². The minimum Gasteiger partial charge on any atom is -0.490 e. The van der Waals surface area contributed by atoms with Crippen LogP contribution in [0.1, 0.15) is 16.8 Å². The first kappa shape index (κ1) is 15.1. The van der Waals surface area contributed by atoms with E-state index in [1.165, 1.54) is 11.8 Å². The number of para-hydroxylation sites is 2. The van der Waals surface area contributed by atoms with Crippen LogP contribution in [-0.4, -0.2) is 34.7 Å². The molecule has 1 N–H and O–H groups in total. The monoisotopic (exact) mass is 340 g/mol. The molecule has 5 nitrogen and oxygen atoms in total. The maximum absolute atomic E-state index is 12.4. The van der Waals surface area contributed by atoms with Crippen molar-refractivity contribution in [1.82, 2.24) is 9.97 Å². The van der Waals surface area contributed by atoms with Gasteiger partial charge < -0.3 is 14.5 Å². The Labute approximate surface area is 143 Å². The molecule has 2 aromatic carbocycles.